The second-order valence-electron chi connectivity index (χ2n) is 9.36. The lowest BCUT2D eigenvalue weighted by molar-refractivity contribution is 0.669. The summed E-state index contributed by atoms with van der Waals surface area (Å²) in [5.74, 6) is 0. The van der Waals surface area contributed by atoms with Crippen molar-refractivity contribution in [1.82, 2.24) is 9.97 Å². The highest BCUT2D eigenvalue weighted by atomic mass is 32.1. The summed E-state index contributed by atoms with van der Waals surface area (Å²) >= 11 is 1.81. The molecule has 4 aromatic carbocycles. The molecule has 0 saturated heterocycles. The molecular formula is C34H20N2OS. The van der Waals surface area contributed by atoms with E-state index < -0.39 is 0 Å². The number of para-hydroxylation sites is 1. The van der Waals surface area contributed by atoms with Crippen molar-refractivity contribution in [3.05, 3.63) is 122 Å². The predicted octanol–water partition coefficient (Wildman–Crippen LogP) is 9.74. The first-order valence-electron chi connectivity index (χ1n) is 12.6. The van der Waals surface area contributed by atoms with E-state index in [4.69, 9.17) is 9.40 Å². The zero-order chi connectivity index (χ0) is 25.1. The average molecular weight is 505 g/mol. The molecular weight excluding hydrogens is 484 g/mol. The molecule has 3 nitrogen and oxygen atoms in total. The van der Waals surface area contributed by atoms with E-state index in [1.807, 2.05) is 35.9 Å². The molecule has 0 N–H and O–H groups in total. The number of thiophene rings is 1. The van der Waals surface area contributed by atoms with E-state index in [9.17, 15) is 0 Å². The van der Waals surface area contributed by atoms with Gasteiger partial charge in [-0.1, -0.05) is 78.9 Å². The van der Waals surface area contributed by atoms with Crippen LogP contribution in [-0.2, 0) is 0 Å². The van der Waals surface area contributed by atoms with Crippen LogP contribution in [0.15, 0.2) is 126 Å². The third-order valence-electron chi connectivity index (χ3n) is 7.24. The van der Waals surface area contributed by atoms with Crippen molar-refractivity contribution in [3.8, 4) is 33.5 Å². The molecule has 0 spiro atoms. The van der Waals surface area contributed by atoms with Crippen LogP contribution in [-0.4, -0.2) is 9.97 Å². The Hall–Kier alpha value is -4.80. The van der Waals surface area contributed by atoms with Crippen molar-refractivity contribution in [1.29, 1.82) is 0 Å². The van der Waals surface area contributed by atoms with Gasteiger partial charge in [0.15, 0.2) is 5.58 Å². The van der Waals surface area contributed by atoms with Gasteiger partial charge in [0.1, 0.15) is 11.1 Å². The quantitative estimate of drug-likeness (QED) is 0.240. The molecule has 0 aliphatic heterocycles. The Kier molecular flexibility index (Phi) is 4.69. The van der Waals surface area contributed by atoms with Crippen LogP contribution >= 0.6 is 11.3 Å². The minimum atomic E-state index is 0.800. The van der Waals surface area contributed by atoms with E-state index in [2.05, 4.69) is 102 Å². The van der Waals surface area contributed by atoms with Gasteiger partial charge in [-0.15, -0.1) is 11.3 Å². The SMILES string of the molecule is c1ccc(-c2cccc3c2oc2cccnc23)c(-c2ccccc2-c2nccc3c2sc2ccccc23)c1. The number of hydrogen-bond acceptors (Lipinski definition) is 4. The second-order valence-corrected chi connectivity index (χ2v) is 10.4. The Bertz CT molecular complexity index is 2000. The van der Waals surface area contributed by atoms with Gasteiger partial charge in [0, 0.05) is 44.4 Å². The van der Waals surface area contributed by atoms with Gasteiger partial charge in [-0.2, -0.15) is 0 Å². The maximum atomic E-state index is 6.36. The van der Waals surface area contributed by atoms with E-state index >= 15 is 0 Å². The van der Waals surface area contributed by atoms with E-state index in [0.29, 0.717) is 0 Å². The molecule has 0 aliphatic carbocycles. The highest BCUT2D eigenvalue weighted by Gasteiger charge is 2.19. The molecule has 4 aromatic heterocycles. The first-order chi connectivity index (χ1) is 18.9. The van der Waals surface area contributed by atoms with Crippen LogP contribution in [0.1, 0.15) is 0 Å². The number of benzene rings is 4. The van der Waals surface area contributed by atoms with Crippen molar-refractivity contribution >= 4 is 53.6 Å². The van der Waals surface area contributed by atoms with Gasteiger partial charge in [-0.05, 0) is 47.0 Å². The molecule has 0 saturated carbocycles. The Morgan fingerprint density at radius 3 is 2.05 bits per heavy atom. The summed E-state index contributed by atoms with van der Waals surface area (Å²) in [4.78, 5) is 9.51. The molecule has 0 bridgehead atoms. The van der Waals surface area contributed by atoms with E-state index in [1.165, 1.54) is 20.2 Å². The number of aromatic nitrogens is 2. The van der Waals surface area contributed by atoms with Crippen molar-refractivity contribution < 1.29 is 4.42 Å². The Labute approximate surface area is 222 Å². The summed E-state index contributed by atoms with van der Waals surface area (Å²) < 4.78 is 8.85. The molecule has 0 amide bonds. The average Bonchev–Trinajstić information content (AvgIpc) is 3.56. The lowest BCUT2D eigenvalue weighted by Gasteiger charge is -2.15. The normalized spacial score (nSPS) is 11.7. The molecule has 4 heteroatoms. The Morgan fingerprint density at radius 2 is 1.18 bits per heavy atom. The summed E-state index contributed by atoms with van der Waals surface area (Å²) in [6, 6.07) is 38.1. The standard InChI is InChI=1S/C34H20N2OS/c1-2-11-23(26-14-7-15-28-31-29(37-33(26)28)16-8-19-35-31)21(9-1)22-10-3-4-13-25(22)32-34-27(18-20-36-32)24-12-5-6-17-30(24)38-34/h1-20H. The first-order valence-corrected chi connectivity index (χ1v) is 13.4. The molecule has 0 atom stereocenters. The lowest BCUT2D eigenvalue weighted by atomic mass is 9.90. The van der Waals surface area contributed by atoms with Gasteiger partial charge in [0.05, 0.1) is 10.4 Å². The maximum absolute atomic E-state index is 6.36. The van der Waals surface area contributed by atoms with Crippen LogP contribution in [0.2, 0.25) is 0 Å². The predicted molar refractivity (Wildman–Crippen MR) is 159 cm³/mol. The van der Waals surface area contributed by atoms with Crippen molar-refractivity contribution in [2.45, 2.75) is 0 Å². The van der Waals surface area contributed by atoms with Crippen LogP contribution in [0, 0.1) is 0 Å². The van der Waals surface area contributed by atoms with Crippen molar-refractivity contribution in [2.24, 2.45) is 0 Å². The molecule has 0 fully saturated rings. The summed E-state index contributed by atoms with van der Waals surface area (Å²) in [5, 5.41) is 3.55. The summed E-state index contributed by atoms with van der Waals surface area (Å²) in [7, 11) is 0. The zero-order valence-corrected chi connectivity index (χ0v) is 21.1. The van der Waals surface area contributed by atoms with Crippen LogP contribution in [0.4, 0.5) is 0 Å². The fourth-order valence-electron chi connectivity index (χ4n) is 5.55. The van der Waals surface area contributed by atoms with Gasteiger partial charge < -0.3 is 4.42 Å². The van der Waals surface area contributed by atoms with Gasteiger partial charge >= 0.3 is 0 Å². The van der Waals surface area contributed by atoms with Crippen LogP contribution in [0.3, 0.4) is 0 Å². The van der Waals surface area contributed by atoms with Crippen LogP contribution in [0.5, 0.6) is 0 Å². The molecule has 8 rings (SSSR count). The van der Waals surface area contributed by atoms with Gasteiger partial charge in [-0.3, -0.25) is 9.97 Å². The minimum absolute atomic E-state index is 0.800. The number of nitrogens with zero attached hydrogens (tertiary/aromatic N) is 2. The number of furan rings is 1. The summed E-state index contributed by atoms with van der Waals surface area (Å²) in [5.41, 5.74) is 9.14. The van der Waals surface area contributed by atoms with E-state index in [-0.39, 0.29) is 0 Å². The van der Waals surface area contributed by atoms with Crippen LogP contribution < -0.4 is 0 Å². The van der Waals surface area contributed by atoms with Gasteiger partial charge in [0.25, 0.3) is 0 Å². The largest absolute Gasteiger partial charge is 0.454 e. The molecule has 0 unspecified atom stereocenters. The van der Waals surface area contributed by atoms with Crippen molar-refractivity contribution in [2.75, 3.05) is 0 Å². The van der Waals surface area contributed by atoms with E-state index in [0.717, 1.165) is 55.6 Å². The minimum Gasteiger partial charge on any atom is -0.454 e. The highest BCUT2D eigenvalue weighted by molar-refractivity contribution is 7.26. The fraction of sp³-hybridized carbons (Fsp3) is 0. The molecule has 38 heavy (non-hydrogen) atoms. The molecule has 4 heterocycles. The first kappa shape index (κ1) is 21.3. The number of pyridine rings is 2. The zero-order valence-electron chi connectivity index (χ0n) is 20.3. The third kappa shape index (κ3) is 3.14. The maximum Gasteiger partial charge on any atom is 0.153 e. The fourth-order valence-corrected chi connectivity index (χ4v) is 6.75. The molecule has 0 aliphatic rings. The van der Waals surface area contributed by atoms with E-state index in [1.54, 1.807) is 0 Å². The number of hydrogen-bond donors (Lipinski definition) is 0. The molecule has 178 valence electrons. The molecule has 8 aromatic rings. The van der Waals surface area contributed by atoms with Gasteiger partial charge in [0.2, 0.25) is 0 Å². The second kappa shape index (κ2) is 8.37. The molecule has 0 radical (unpaired) electrons. The number of rotatable bonds is 3. The van der Waals surface area contributed by atoms with Crippen molar-refractivity contribution in [3.63, 3.8) is 0 Å². The lowest BCUT2D eigenvalue weighted by Crippen LogP contribution is -1.91. The third-order valence-corrected chi connectivity index (χ3v) is 8.43. The topological polar surface area (TPSA) is 38.9 Å². The summed E-state index contributed by atoms with van der Waals surface area (Å²) in [6.45, 7) is 0. The van der Waals surface area contributed by atoms with Gasteiger partial charge in [-0.25, -0.2) is 0 Å². The number of fused-ring (bicyclic) bond motifs is 6. The monoisotopic (exact) mass is 504 g/mol. The highest BCUT2D eigenvalue weighted by Crippen LogP contribution is 2.44. The van der Waals surface area contributed by atoms with Crippen LogP contribution in [0.25, 0.3) is 75.8 Å². The Balaban J connectivity index is 1.39. The summed E-state index contributed by atoms with van der Waals surface area (Å²) in [6.07, 6.45) is 3.75. The smallest absolute Gasteiger partial charge is 0.153 e. The Morgan fingerprint density at radius 1 is 0.500 bits per heavy atom.